The Bertz CT molecular complexity index is 397. The van der Waals surface area contributed by atoms with Crippen molar-refractivity contribution >= 4 is 29.9 Å². The van der Waals surface area contributed by atoms with E-state index in [9.17, 15) is 4.79 Å². The number of rotatable bonds is 5. The number of para-hydroxylation sites is 1. The van der Waals surface area contributed by atoms with Gasteiger partial charge in [0.1, 0.15) is 5.75 Å². The van der Waals surface area contributed by atoms with Crippen molar-refractivity contribution in [3.63, 3.8) is 0 Å². The van der Waals surface area contributed by atoms with E-state index in [-0.39, 0.29) is 24.9 Å². The average molecular weight is 293 g/mol. The van der Waals surface area contributed by atoms with Crippen LogP contribution in [0.25, 0.3) is 0 Å². The third-order valence-corrected chi connectivity index (χ3v) is 2.50. The van der Waals surface area contributed by atoms with E-state index in [0.717, 1.165) is 0 Å². The molecule has 0 aliphatic rings. The van der Waals surface area contributed by atoms with Gasteiger partial charge in [-0.2, -0.15) is 0 Å². The number of benzene rings is 1. The molecule has 0 radical (unpaired) electrons. The SMILES string of the molecule is CC(C)(CN)NC(=O)COc1ccccc1Cl.Cl. The normalized spacial score (nSPS) is 10.4. The third-order valence-electron chi connectivity index (χ3n) is 2.18. The Morgan fingerprint density at radius 2 is 2.06 bits per heavy atom. The van der Waals surface area contributed by atoms with E-state index in [1.807, 2.05) is 13.8 Å². The summed E-state index contributed by atoms with van der Waals surface area (Å²) in [5.74, 6) is 0.273. The molecule has 0 spiro atoms. The van der Waals surface area contributed by atoms with Gasteiger partial charge in [-0.1, -0.05) is 23.7 Å². The first kappa shape index (κ1) is 17.0. The van der Waals surface area contributed by atoms with Crippen LogP contribution in [0.15, 0.2) is 24.3 Å². The molecule has 3 N–H and O–H groups in total. The van der Waals surface area contributed by atoms with Crippen molar-refractivity contribution in [2.75, 3.05) is 13.2 Å². The first-order chi connectivity index (χ1) is 7.94. The van der Waals surface area contributed by atoms with Gasteiger partial charge < -0.3 is 15.8 Å². The molecule has 0 heterocycles. The van der Waals surface area contributed by atoms with Crippen molar-refractivity contribution in [3.05, 3.63) is 29.3 Å². The maximum absolute atomic E-state index is 11.6. The topological polar surface area (TPSA) is 64.3 Å². The molecule has 0 aromatic heterocycles. The lowest BCUT2D eigenvalue weighted by Gasteiger charge is -2.24. The van der Waals surface area contributed by atoms with Crippen LogP contribution in [0.5, 0.6) is 5.75 Å². The van der Waals surface area contributed by atoms with Crippen molar-refractivity contribution in [2.45, 2.75) is 19.4 Å². The number of halogens is 2. The highest BCUT2D eigenvalue weighted by Gasteiger charge is 2.18. The van der Waals surface area contributed by atoms with Gasteiger partial charge in [0.15, 0.2) is 6.61 Å². The molecule has 1 amide bonds. The van der Waals surface area contributed by atoms with E-state index in [2.05, 4.69) is 5.32 Å². The van der Waals surface area contributed by atoms with Crippen molar-refractivity contribution in [2.24, 2.45) is 5.73 Å². The second-order valence-electron chi connectivity index (χ2n) is 4.36. The van der Waals surface area contributed by atoms with E-state index in [1.165, 1.54) is 0 Å². The maximum atomic E-state index is 11.6. The summed E-state index contributed by atoms with van der Waals surface area (Å²) in [6.07, 6.45) is 0. The number of ether oxygens (including phenoxy) is 1. The molecular formula is C12H18Cl2N2O2. The van der Waals surface area contributed by atoms with Crippen LogP contribution in [0.3, 0.4) is 0 Å². The van der Waals surface area contributed by atoms with Crippen LogP contribution in [0.4, 0.5) is 0 Å². The Kier molecular flexibility index (Phi) is 7.06. The molecule has 0 unspecified atom stereocenters. The summed E-state index contributed by atoms with van der Waals surface area (Å²) in [5, 5.41) is 3.25. The minimum Gasteiger partial charge on any atom is -0.482 e. The standard InChI is InChI=1S/C12H17ClN2O2.ClH/c1-12(2,8-14)15-11(16)7-17-10-6-4-3-5-9(10)13;/h3-6H,7-8,14H2,1-2H3,(H,15,16);1H. The zero-order valence-electron chi connectivity index (χ0n) is 10.4. The average Bonchev–Trinajstić information content (AvgIpc) is 2.27. The Morgan fingerprint density at radius 3 is 2.61 bits per heavy atom. The maximum Gasteiger partial charge on any atom is 0.258 e. The van der Waals surface area contributed by atoms with Gasteiger partial charge in [0.2, 0.25) is 0 Å². The van der Waals surface area contributed by atoms with Crippen LogP contribution in [0.2, 0.25) is 5.02 Å². The highest BCUT2D eigenvalue weighted by atomic mass is 35.5. The summed E-state index contributed by atoms with van der Waals surface area (Å²) >= 11 is 5.89. The molecule has 0 saturated heterocycles. The molecule has 1 aromatic carbocycles. The largest absolute Gasteiger partial charge is 0.482 e. The predicted octanol–water partition coefficient (Wildman–Crippen LogP) is 1.99. The van der Waals surface area contributed by atoms with Crippen molar-refractivity contribution < 1.29 is 9.53 Å². The van der Waals surface area contributed by atoms with Gasteiger partial charge in [-0.15, -0.1) is 12.4 Å². The summed E-state index contributed by atoms with van der Waals surface area (Å²) in [6.45, 7) is 3.98. The molecule has 4 nitrogen and oxygen atoms in total. The van der Waals surface area contributed by atoms with Crippen LogP contribution >= 0.6 is 24.0 Å². The summed E-state index contributed by atoms with van der Waals surface area (Å²) in [5.41, 5.74) is 5.08. The van der Waals surface area contributed by atoms with E-state index < -0.39 is 5.54 Å². The highest BCUT2D eigenvalue weighted by Crippen LogP contribution is 2.22. The number of carbonyl (C=O) groups is 1. The van der Waals surface area contributed by atoms with Gasteiger partial charge in [0.05, 0.1) is 5.02 Å². The second-order valence-corrected chi connectivity index (χ2v) is 4.76. The van der Waals surface area contributed by atoms with Gasteiger partial charge in [-0.25, -0.2) is 0 Å². The molecule has 0 bridgehead atoms. The van der Waals surface area contributed by atoms with Crippen LogP contribution in [0.1, 0.15) is 13.8 Å². The monoisotopic (exact) mass is 292 g/mol. The molecule has 0 fully saturated rings. The lowest BCUT2D eigenvalue weighted by molar-refractivity contribution is -0.124. The molecule has 1 rings (SSSR count). The van der Waals surface area contributed by atoms with Gasteiger partial charge in [-0.05, 0) is 26.0 Å². The van der Waals surface area contributed by atoms with Crippen molar-refractivity contribution in [1.82, 2.24) is 5.32 Å². The Labute approximate surface area is 118 Å². The van der Waals surface area contributed by atoms with Crippen molar-refractivity contribution in [1.29, 1.82) is 0 Å². The fourth-order valence-corrected chi connectivity index (χ4v) is 1.36. The van der Waals surface area contributed by atoms with E-state index in [0.29, 0.717) is 17.3 Å². The zero-order valence-corrected chi connectivity index (χ0v) is 12.0. The first-order valence-corrected chi connectivity index (χ1v) is 5.71. The first-order valence-electron chi connectivity index (χ1n) is 5.33. The van der Waals surface area contributed by atoms with Crippen molar-refractivity contribution in [3.8, 4) is 5.75 Å². The van der Waals surface area contributed by atoms with Crippen LogP contribution in [0, 0.1) is 0 Å². The fraction of sp³-hybridized carbons (Fsp3) is 0.417. The number of carbonyl (C=O) groups excluding carboxylic acids is 1. The molecule has 18 heavy (non-hydrogen) atoms. The quantitative estimate of drug-likeness (QED) is 0.872. The highest BCUT2D eigenvalue weighted by molar-refractivity contribution is 6.32. The molecule has 0 atom stereocenters. The summed E-state index contributed by atoms with van der Waals surface area (Å²) in [6, 6.07) is 7.01. The fourth-order valence-electron chi connectivity index (χ4n) is 1.17. The number of hydrogen-bond acceptors (Lipinski definition) is 3. The third kappa shape index (κ3) is 5.58. The summed E-state index contributed by atoms with van der Waals surface area (Å²) in [4.78, 5) is 11.6. The molecule has 102 valence electrons. The number of amides is 1. The summed E-state index contributed by atoms with van der Waals surface area (Å²) in [7, 11) is 0. The number of nitrogens with one attached hydrogen (secondary N) is 1. The molecule has 0 aliphatic heterocycles. The van der Waals surface area contributed by atoms with Crippen LogP contribution in [-0.4, -0.2) is 24.6 Å². The minimum atomic E-state index is -0.430. The van der Waals surface area contributed by atoms with Gasteiger partial charge in [0.25, 0.3) is 5.91 Å². The second kappa shape index (κ2) is 7.46. The molecule has 6 heteroatoms. The van der Waals surface area contributed by atoms with Gasteiger partial charge in [0, 0.05) is 12.1 Å². The smallest absolute Gasteiger partial charge is 0.258 e. The lowest BCUT2D eigenvalue weighted by atomic mass is 10.1. The Hall–Kier alpha value is -0.970. The van der Waals surface area contributed by atoms with Crippen LogP contribution in [-0.2, 0) is 4.79 Å². The molecule has 0 saturated carbocycles. The van der Waals surface area contributed by atoms with E-state index >= 15 is 0 Å². The molecule has 1 aromatic rings. The number of hydrogen-bond donors (Lipinski definition) is 2. The zero-order chi connectivity index (χ0) is 12.9. The molecular weight excluding hydrogens is 275 g/mol. The van der Waals surface area contributed by atoms with E-state index in [4.69, 9.17) is 22.1 Å². The van der Waals surface area contributed by atoms with Crippen LogP contribution < -0.4 is 15.8 Å². The Balaban J connectivity index is 0.00000289. The number of nitrogens with two attached hydrogens (primary N) is 1. The minimum absolute atomic E-state index is 0. The lowest BCUT2D eigenvalue weighted by Crippen LogP contribution is -2.50. The molecule has 0 aliphatic carbocycles. The predicted molar refractivity (Wildman–Crippen MR) is 75.5 cm³/mol. The van der Waals surface area contributed by atoms with Gasteiger partial charge >= 0.3 is 0 Å². The summed E-state index contributed by atoms with van der Waals surface area (Å²) < 4.78 is 5.30. The van der Waals surface area contributed by atoms with E-state index in [1.54, 1.807) is 24.3 Å². The van der Waals surface area contributed by atoms with Gasteiger partial charge in [-0.3, -0.25) is 4.79 Å². The Morgan fingerprint density at radius 1 is 1.44 bits per heavy atom.